The topological polar surface area (TPSA) is 29.1 Å². The van der Waals surface area contributed by atoms with Crippen LogP contribution in [0.3, 0.4) is 0 Å². The first-order valence-corrected chi connectivity index (χ1v) is 4.91. The summed E-state index contributed by atoms with van der Waals surface area (Å²) in [6.07, 6.45) is -3.09. The molecule has 0 amide bonds. The van der Waals surface area contributed by atoms with Crippen LogP contribution in [0.15, 0.2) is 18.2 Å². The van der Waals surface area contributed by atoms with E-state index >= 15 is 0 Å². The molecule has 0 saturated carbocycles. The summed E-state index contributed by atoms with van der Waals surface area (Å²) in [6, 6.07) is 3.05. The lowest BCUT2D eigenvalue weighted by Gasteiger charge is -2.23. The van der Waals surface area contributed by atoms with Crippen molar-refractivity contribution in [2.75, 3.05) is 6.54 Å². The van der Waals surface area contributed by atoms with Crippen molar-refractivity contribution < 1.29 is 18.0 Å². The fraction of sp³-hybridized carbons (Fsp3) is 0.364. The predicted molar refractivity (Wildman–Crippen MR) is 52.0 cm³/mol. The van der Waals surface area contributed by atoms with Gasteiger partial charge in [0, 0.05) is 6.54 Å². The van der Waals surface area contributed by atoms with E-state index in [9.17, 15) is 18.0 Å². The van der Waals surface area contributed by atoms with Crippen molar-refractivity contribution in [3.63, 3.8) is 0 Å². The maximum Gasteiger partial charge on any atom is 0.416 e. The van der Waals surface area contributed by atoms with Crippen LogP contribution >= 0.6 is 0 Å². The molecule has 0 spiro atoms. The molecule has 1 unspecified atom stereocenters. The second kappa shape index (κ2) is 3.90. The molecule has 0 aromatic heterocycles. The fourth-order valence-electron chi connectivity index (χ4n) is 1.90. The van der Waals surface area contributed by atoms with Crippen LogP contribution in [0.1, 0.15) is 22.7 Å². The van der Waals surface area contributed by atoms with Gasteiger partial charge in [-0.1, -0.05) is 6.07 Å². The van der Waals surface area contributed by atoms with Crippen LogP contribution in [0.2, 0.25) is 0 Å². The second-order valence-electron chi connectivity index (χ2n) is 3.73. The zero-order chi connectivity index (χ0) is 11.8. The Morgan fingerprint density at radius 3 is 2.75 bits per heavy atom. The lowest BCUT2D eigenvalue weighted by molar-refractivity contribution is -0.137. The molecule has 1 aliphatic rings. The molecule has 0 fully saturated rings. The van der Waals surface area contributed by atoms with Gasteiger partial charge in [0.05, 0.1) is 11.6 Å². The molecule has 1 heterocycles. The Hall–Kier alpha value is -1.36. The molecule has 2 rings (SSSR count). The Labute approximate surface area is 90.5 Å². The highest BCUT2D eigenvalue weighted by molar-refractivity contribution is 5.63. The molecule has 86 valence electrons. The van der Waals surface area contributed by atoms with E-state index in [1.165, 1.54) is 6.07 Å². The van der Waals surface area contributed by atoms with Crippen molar-refractivity contribution >= 4 is 6.29 Å². The summed E-state index contributed by atoms with van der Waals surface area (Å²) >= 11 is 0. The van der Waals surface area contributed by atoms with E-state index in [-0.39, 0.29) is 0 Å². The Kier molecular flexibility index (Phi) is 2.71. The highest BCUT2D eigenvalue weighted by Crippen LogP contribution is 2.32. The number of aldehydes is 1. The van der Waals surface area contributed by atoms with Crippen molar-refractivity contribution in [3.8, 4) is 0 Å². The number of halogens is 3. The summed E-state index contributed by atoms with van der Waals surface area (Å²) in [5.41, 5.74) is 0.595. The molecule has 5 heteroatoms. The van der Waals surface area contributed by atoms with Gasteiger partial charge >= 0.3 is 6.18 Å². The molecule has 1 aromatic carbocycles. The van der Waals surface area contributed by atoms with Gasteiger partial charge in [0.15, 0.2) is 0 Å². The number of alkyl halides is 3. The first-order valence-electron chi connectivity index (χ1n) is 4.91. The van der Waals surface area contributed by atoms with Crippen molar-refractivity contribution in [2.24, 2.45) is 0 Å². The summed E-state index contributed by atoms with van der Waals surface area (Å²) in [6.45, 7) is 0.526. The van der Waals surface area contributed by atoms with Crippen LogP contribution in [0, 0.1) is 0 Å². The average molecular weight is 229 g/mol. The van der Waals surface area contributed by atoms with Gasteiger partial charge in [0.25, 0.3) is 0 Å². The van der Waals surface area contributed by atoms with Crippen LogP contribution in [-0.4, -0.2) is 12.8 Å². The van der Waals surface area contributed by atoms with Crippen LogP contribution in [-0.2, 0) is 17.4 Å². The van der Waals surface area contributed by atoms with Crippen molar-refractivity contribution in [3.05, 3.63) is 34.9 Å². The zero-order valence-corrected chi connectivity index (χ0v) is 8.34. The Morgan fingerprint density at radius 1 is 1.38 bits per heavy atom. The quantitative estimate of drug-likeness (QED) is 0.747. The standard InChI is InChI=1S/C11H10F3NO/c12-11(13,14)8-1-2-9-7(5-8)3-4-15-10(9)6-16/h1-2,5-6,10,15H,3-4H2. The monoisotopic (exact) mass is 229 g/mol. The number of carbonyl (C=O) groups excluding carboxylic acids is 1. The lowest BCUT2D eigenvalue weighted by atomic mass is 9.93. The minimum atomic E-state index is -4.32. The minimum Gasteiger partial charge on any atom is -0.304 e. The summed E-state index contributed by atoms with van der Waals surface area (Å²) in [5, 5.41) is 2.93. The minimum absolute atomic E-state index is 0.481. The van der Waals surface area contributed by atoms with Gasteiger partial charge in [-0.15, -0.1) is 0 Å². The largest absolute Gasteiger partial charge is 0.416 e. The molecular formula is C11H10F3NO. The third kappa shape index (κ3) is 1.95. The van der Waals surface area contributed by atoms with Gasteiger partial charge in [-0.05, 0) is 29.7 Å². The van der Waals surface area contributed by atoms with Gasteiger partial charge in [-0.2, -0.15) is 13.2 Å². The third-order valence-corrected chi connectivity index (χ3v) is 2.70. The smallest absolute Gasteiger partial charge is 0.304 e. The van der Waals surface area contributed by atoms with Gasteiger partial charge < -0.3 is 10.1 Å². The van der Waals surface area contributed by atoms with E-state index in [4.69, 9.17) is 0 Å². The number of fused-ring (bicyclic) bond motifs is 1. The SMILES string of the molecule is O=CC1NCCc2cc(C(F)(F)F)ccc21. The first kappa shape index (κ1) is 11.1. The lowest BCUT2D eigenvalue weighted by Crippen LogP contribution is -2.31. The molecule has 0 aliphatic carbocycles. The van der Waals surface area contributed by atoms with E-state index in [2.05, 4.69) is 5.32 Å². The Morgan fingerprint density at radius 2 is 2.12 bits per heavy atom. The van der Waals surface area contributed by atoms with E-state index in [1.807, 2.05) is 0 Å². The van der Waals surface area contributed by atoms with Crippen molar-refractivity contribution in [1.29, 1.82) is 0 Å². The molecule has 0 bridgehead atoms. The maximum absolute atomic E-state index is 12.5. The van der Waals surface area contributed by atoms with E-state index in [0.717, 1.165) is 12.1 Å². The molecule has 1 N–H and O–H groups in total. The van der Waals surface area contributed by atoms with Gasteiger partial charge in [-0.25, -0.2) is 0 Å². The molecule has 1 aliphatic heterocycles. The van der Waals surface area contributed by atoms with Crippen LogP contribution in [0.25, 0.3) is 0 Å². The fourth-order valence-corrected chi connectivity index (χ4v) is 1.90. The number of hydrogen-bond donors (Lipinski definition) is 1. The van der Waals surface area contributed by atoms with Crippen LogP contribution in [0.5, 0.6) is 0 Å². The molecule has 2 nitrogen and oxygen atoms in total. The number of hydrogen-bond acceptors (Lipinski definition) is 2. The van der Waals surface area contributed by atoms with Crippen molar-refractivity contribution in [2.45, 2.75) is 18.6 Å². The zero-order valence-electron chi connectivity index (χ0n) is 8.34. The molecule has 16 heavy (non-hydrogen) atoms. The summed E-state index contributed by atoms with van der Waals surface area (Å²) in [7, 11) is 0. The molecule has 1 atom stereocenters. The Bertz CT molecular complexity index is 414. The van der Waals surface area contributed by atoms with E-state index in [0.29, 0.717) is 30.4 Å². The predicted octanol–water partition coefficient (Wildman–Crippen LogP) is 2.09. The summed E-state index contributed by atoms with van der Waals surface area (Å²) in [5.74, 6) is 0. The van der Waals surface area contributed by atoms with Gasteiger partial charge in [0.2, 0.25) is 0 Å². The molecule has 0 radical (unpaired) electrons. The van der Waals surface area contributed by atoms with Crippen LogP contribution < -0.4 is 5.32 Å². The number of benzene rings is 1. The first-order chi connectivity index (χ1) is 7.52. The Balaban J connectivity index is 2.43. The summed E-state index contributed by atoms with van der Waals surface area (Å²) < 4.78 is 37.4. The van der Waals surface area contributed by atoms with E-state index < -0.39 is 17.8 Å². The molecule has 1 aromatic rings. The average Bonchev–Trinajstić information content (AvgIpc) is 2.26. The normalized spacial score (nSPS) is 20.3. The van der Waals surface area contributed by atoms with Gasteiger partial charge in [0.1, 0.15) is 6.29 Å². The number of nitrogens with one attached hydrogen (secondary N) is 1. The molecule has 0 saturated heterocycles. The molecular weight excluding hydrogens is 219 g/mol. The van der Waals surface area contributed by atoms with Gasteiger partial charge in [-0.3, -0.25) is 0 Å². The summed E-state index contributed by atoms with van der Waals surface area (Å²) in [4.78, 5) is 10.7. The van der Waals surface area contributed by atoms with E-state index in [1.54, 1.807) is 0 Å². The number of rotatable bonds is 1. The van der Waals surface area contributed by atoms with Crippen molar-refractivity contribution in [1.82, 2.24) is 5.32 Å². The highest BCUT2D eigenvalue weighted by Gasteiger charge is 2.32. The maximum atomic E-state index is 12.5. The second-order valence-corrected chi connectivity index (χ2v) is 3.73. The third-order valence-electron chi connectivity index (χ3n) is 2.70. The number of carbonyl (C=O) groups is 1. The highest BCUT2D eigenvalue weighted by atomic mass is 19.4. The van der Waals surface area contributed by atoms with Crippen LogP contribution in [0.4, 0.5) is 13.2 Å².